The Bertz CT molecular complexity index is 566. The molecule has 1 fully saturated rings. The van der Waals surface area contributed by atoms with Gasteiger partial charge in [0.1, 0.15) is 16.6 Å². The van der Waals surface area contributed by atoms with E-state index in [0.717, 1.165) is 30.9 Å². The van der Waals surface area contributed by atoms with Crippen LogP contribution in [-0.4, -0.2) is 30.1 Å². The molecule has 21 heavy (non-hydrogen) atoms. The quantitative estimate of drug-likeness (QED) is 0.834. The molecule has 5 nitrogen and oxygen atoms in total. The fraction of sp³-hybridized carbons (Fsp3) is 0.600. The lowest BCUT2D eigenvalue weighted by molar-refractivity contribution is 0.0992. The Labute approximate surface area is 129 Å². The number of carbonyl (C=O) groups excluding carboxylic acids is 1. The number of Topliss-reactive ketones (excluding diaryl/α,β-unsaturated/α-hetero) is 1. The first-order chi connectivity index (χ1) is 9.99. The van der Waals surface area contributed by atoms with Gasteiger partial charge in [-0.3, -0.25) is 4.79 Å². The number of thiophene rings is 1. The van der Waals surface area contributed by atoms with Crippen molar-refractivity contribution in [3.05, 3.63) is 10.4 Å². The van der Waals surface area contributed by atoms with Gasteiger partial charge >= 0.3 is 0 Å². The van der Waals surface area contributed by atoms with Crippen molar-refractivity contribution in [3.8, 4) is 6.07 Å². The Morgan fingerprint density at radius 2 is 2.19 bits per heavy atom. The number of carbonyl (C=O) groups is 1. The third-order valence-corrected chi connectivity index (χ3v) is 5.43. The number of aliphatic hydroxyl groups is 1. The lowest BCUT2D eigenvalue weighted by Gasteiger charge is -2.34. The molecule has 2 heterocycles. The first-order valence-electron chi connectivity index (χ1n) is 7.28. The van der Waals surface area contributed by atoms with Crippen LogP contribution in [0.3, 0.4) is 0 Å². The standard InChI is InChI=1S/C15H21N3O2S/c1-3-12(20)14-13(17)11(8-16)15(21-14)18-6-4-10(5-7-18)9(2)19/h9-10,19H,3-7,17H2,1-2H3. The van der Waals surface area contributed by atoms with Crippen LogP contribution in [0.2, 0.25) is 0 Å². The molecule has 0 aromatic carbocycles. The van der Waals surface area contributed by atoms with Crippen LogP contribution < -0.4 is 10.6 Å². The summed E-state index contributed by atoms with van der Waals surface area (Å²) in [5.41, 5.74) is 6.72. The molecule has 114 valence electrons. The minimum Gasteiger partial charge on any atom is -0.396 e. The van der Waals surface area contributed by atoms with E-state index in [9.17, 15) is 15.2 Å². The van der Waals surface area contributed by atoms with Gasteiger partial charge < -0.3 is 15.7 Å². The van der Waals surface area contributed by atoms with Crippen LogP contribution in [-0.2, 0) is 0 Å². The smallest absolute Gasteiger partial charge is 0.174 e. The summed E-state index contributed by atoms with van der Waals surface area (Å²) in [6.45, 7) is 5.18. The van der Waals surface area contributed by atoms with E-state index in [1.54, 1.807) is 6.92 Å². The van der Waals surface area contributed by atoms with E-state index < -0.39 is 0 Å². The molecule has 6 heteroatoms. The lowest BCUT2D eigenvalue weighted by Crippen LogP contribution is -2.36. The SMILES string of the molecule is CCC(=O)c1sc(N2CCC(C(C)O)CC2)c(C#N)c1N. The van der Waals surface area contributed by atoms with E-state index in [1.165, 1.54) is 11.3 Å². The predicted molar refractivity (Wildman–Crippen MR) is 84.7 cm³/mol. The topological polar surface area (TPSA) is 90.4 Å². The molecule has 1 saturated heterocycles. The second-order valence-corrected chi connectivity index (χ2v) is 6.48. The molecule has 1 aromatic heterocycles. The van der Waals surface area contributed by atoms with E-state index in [4.69, 9.17) is 5.73 Å². The van der Waals surface area contributed by atoms with Crippen LogP contribution in [0.5, 0.6) is 0 Å². The number of aliphatic hydroxyl groups excluding tert-OH is 1. The maximum atomic E-state index is 11.9. The van der Waals surface area contributed by atoms with Crippen molar-refractivity contribution in [2.75, 3.05) is 23.7 Å². The van der Waals surface area contributed by atoms with E-state index >= 15 is 0 Å². The number of nitriles is 1. The fourth-order valence-electron chi connectivity index (χ4n) is 2.71. The molecule has 0 amide bonds. The Morgan fingerprint density at radius 3 is 2.67 bits per heavy atom. The second kappa shape index (κ2) is 6.46. The summed E-state index contributed by atoms with van der Waals surface area (Å²) in [7, 11) is 0. The second-order valence-electron chi connectivity index (χ2n) is 5.48. The van der Waals surface area contributed by atoms with E-state index in [0.29, 0.717) is 28.5 Å². The molecule has 1 atom stereocenters. The number of nitrogens with two attached hydrogens (primary N) is 1. The molecule has 1 aliphatic heterocycles. The van der Waals surface area contributed by atoms with Gasteiger partial charge in [0, 0.05) is 19.5 Å². The number of rotatable bonds is 4. The summed E-state index contributed by atoms with van der Waals surface area (Å²) >= 11 is 1.33. The van der Waals surface area contributed by atoms with Gasteiger partial charge in [0.05, 0.1) is 16.7 Å². The van der Waals surface area contributed by atoms with Gasteiger partial charge in [0.25, 0.3) is 0 Å². The molecule has 3 N–H and O–H groups in total. The number of nitrogens with zero attached hydrogens (tertiary/aromatic N) is 2. The number of hydrogen-bond acceptors (Lipinski definition) is 6. The van der Waals surface area contributed by atoms with Gasteiger partial charge in [-0.2, -0.15) is 5.26 Å². The molecule has 1 aliphatic rings. The lowest BCUT2D eigenvalue weighted by atomic mass is 9.92. The van der Waals surface area contributed by atoms with Crippen LogP contribution in [0.25, 0.3) is 0 Å². The van der Waals surface area contributed by atoms with Gasteiger partial charge in [-0.25, -0.2) is 0 Å². The monoisotopic (exact) mass is 307 g/mol. The van der Waals surface area contributed by atoms with Gasteiger partial charge in [-0.1, -0.05) is 6.92 Å². The number of nitrogen functional groups attached to an aromatic ring is 1. The minimum atomic E-state index is -0.298. The Hall–Kier alpha value is -1.58. The molecule has 0 radical (unpaired) electrons. The Morgan fingerprint density at radius 1 is 1.57 bits per heavy atom. The van der Waals surface area contributed by atoms with Gasteiger partial charge in [0.15, 0.2) is 5.78 Å². The average molecular weight is 307 g/mol. The van der Waals surface area contributed by atoms with Crippen molar-refractivity contribution >= 4 is 27.8 Å². The van der Waals surface area contributed by atoms with Gasteiger partial charge in [0.2, 0.25) is 0 Å². The maximum Gasteiger partial charge on any atom is 0.174 e. The number of hydrogen-bond donors (Lipinski definition) is 2. The highest BCUT2D eigenvalue weighted by atomic mass is 32.1. The molecule has 0 saturated carbocycles. The molecule has 2 rings (SSSR count). The third-order valence-electron chi connectivity index (χ3n) is 4.12. The van der Waals surface area contributed by atoms with Crippen LogP contribution in [0.1, 0.15) is 48.3 Å². The van der Waals surface area contributed by atoms with E-state index in [1.807, 2.05) is 6.92 Å². The Kier molecular flexibility index (Phi) is 4.86. The van der Waals surface area contributed by atoms with Crippen molar-refractivity contribution in [3.63, 3.8) is 0 Å². The highest BCUT2D eigenvalue weighted by Gasteiger charge is 2.28. The van der Waals surface area contributed by atoms with Gasteiger partial charge in [-0.05, 0) is 25.7 Å². The summed E-state index contributed by atoms with van der Waals surface area (Å²) in [6, 6.07) is 2.14. The van der Waals surface area contributed by atoms with Crippen LogP contribution >= 0.6 is 11.3 Å². The highest BCUT2D eigenvalue weighted by Crippen LogP contribution is 2.40. The van der Waals surface area contributed by atoms with Crippen LogP contribution in [0, 0.1) is 17.2 Å². The van der Waals surface area contributed by atoms with Crippen molar-refractivity contribution in [2.24, 2.45) is 5.92 Å². The molecular formula is C15H21N3O2S. The van der Waals surface area contributed by atoms with E-state index in [-0.39, 0.29) is 11.9 Å². The molecule has 0 spiro atoms. The Balaban J connectivity index is 2.25. The van der Waals surface area contributed by atoms with Crippen molar-refractivity contribution in [1.82, 2.24) is 0 Å². The van der Waals surface area contributed by atoms with Crippen LogP contribution in [0.4, 0.5) is 10.7 Å². The normalized spacial score (nSPS) is 17.5. The average Bonchev–Trinajstić information content (AvgIpc) is 2.83. The van der Waals surface area contributed by atoms with Crippen molar-refractivity contribution < 1.29 is 9.90 Å². The first-order valence-corrected chi connectivity index (χ1v) is 8.09. The summed E-state index contributed by atoms with van der Waals surface area (Å²) in [4.78, 5) is 14.5. The molecule has 0 aliphatic carbocycles. The van der Waals surface area contributed by atoms with Crippen LogP contribution in [0.15, 0.2) is 0 Å². The summed E-state index contributed by atoms with van der Waals surface area (Å²) in [5, 5.41) is 19.8. The molecular weight excluding hydrogens is 286 g/mol. The van der Waals surface area contributed by atoms with Crippen molar-refractivity contribution in [1.29, 1.82) is 5.26 Å². The molecule has 1 unspecified atom stereocenters. The maximum absolute atomic E-state index is 11.9. The zero-order valence-electron chi connectivity index (χ0n) is 12.4. The first kappa shape index (κ1) is 15.8. The summed E-state index contributed by atoms with van der Waals surface area (Å²) < 4.78 is 0. The van der Waals surface area contributed by atoms with Gasteiger partial charge in [-0.15, -0.1) is 11.3 Å². The highest BCUT2D eigenvalue weighted by molar-refractivity contribution is 7.19. The largest absolute Gasteiger partial charge is 0.396 e. The number of piperidine rings is 1. The number of anilines is 2. The fourth-order valence-corrected chi connectivity index (χ4v) is 3.95. The van der Waals surface area contributed by atoms with E-state index in [2.05, 4.69) is 11.0 Å². The number of ketones is 1. The summed E-state index contributed by atoms with van der Waals surface area (Å²) in [5.74, 6) is 0.292. The molecule has 1 aromatic rings. The minimum absolute atomic E-state index is 0.0147. The summed E-state index contributed by atoms with van der Waals surface area (Å²) in [6.07, 6.45) is 1.86. The third kappa shape index (κ3) is 3.04. The zero-order valence-corrected chi connectivity index (χ0v) is 13.2. The zero-order chi connectivity index (χ0) is 15.6. The van der Waals surface area contributed by atoms with Crippen molar-refractivity contribution in [2.45, 2.75) is 39.2 Å². The predicted octanol–water partition coefficient (Wildman–Crippen LogP) is 2.39. The molecule has 0 bridgehead atoms.